The van der Waals surface area contributed by atoms with Crippen molar-refractivity contribution in [2.75, 3.05) is 14.1 Å². The first-order valence-electron chi connectivity index (χ1n) is 8.10. The SMILES string of the molecule is C=C1NC(=O)N[C@@H](c2ccc(-c3ccccc3)cc2)[C@H]1C(=O)N(C)C. The quantitative estimate of drug-likeness (QED) is 0.906. The maximum absolute atomic E-state index is 12.6. The highest BCUT2D eigenvalue weighted by atomic mass is 16.2. The van der Waals surface area contributed by atoms with Gasteiger partial charge in [-0.1, -0.05) is 61.2 Å². The second-order valence-electron chi connectivity index (χ2n) is 6.30. The monoisotopic (exact) mass is 335 g/mol. The molecule has 1 aliphatic heterocycles. The number of carbonyl (C=O) groups is 2. The number of nitrogens with one attached hydrogen (secondary N) is 2. The van der Waals surface area contributed by atoms with E-state index in [1.54, 1.807) is 14.1 Å². The first-order valence-corrected chi connectivity index (χ1v) is 8.10. The zero-order chi connectivity index (χ0) is 18.0. The summed E-state index contributed by atoms with van der Waals surface area (Å²) in [6.45, 7) is 3.87. The van der Waals surface area contributed by atoms with Gasteiger partial charge in [0.1, 0.15) is 5.92 Å². The van der Waals surface area contributed by atoms with Gasteiger partial charge in [0.25, 0.3) is 0 Å². The molecule has 1 fully saturated rings. The molecule has 0 spiro atoms. The predicted molar refractivity (Wildman–Crippen MR) is 97.6 cm³/mol. The number of carbonyl (C=O) groups excluding carboxylic acids is 2. The Kier molecular flexibility index (Phi) is 4.57. The molecular formula is C20H21N3O2. The molecule has 1 heterocycles. The van der Waals surface area contributed by atoms with Crippen LogP contribution in [0.2, 0.25) is 0 Å². The van der Waals surface area contributed by atoms with Crippen LogP contribution >= 0.6 is 0 Å². The van der Waals surface area contributed by atoms with E-state index in [0.717, 1.165) is 16.7 Å². The third-order valence-corrected chi connectivity index (χ3v) is 4.35. The maximum Gasteiger partial charge on any atom is 0.319 e. The molecule has 0 aliphatic carbocycles. The molecule has 2 N–H and O–H groups in total. The Morgan fingerprint density at radius 1 is 1.00 bits per heavy atom. The summed E-state index contributed by atoms with van der Waals surface area (Å²) in [5.74, 6) is -0.648. The van der Waals surface area contributed by atoms with E-state index >= 15 is 0 Å². The van der Waals surface area contributed by atoms with Gasteiger partial charge in [-0.25, -0.2) is 4.79 Å². The van der Waals surface area contributed by atoms with Gasteiger partial charge in [-0.05, 0) is 16.7 Å². The fourth-order valence-electron chi connectivity index (χ4n) is 3.04. The molecular weight excluding hydrogens is 314 g/mol. The third-order valence-electron chi connectivity index (χ3n) is 4.35. The van der Waals surface area contributed by atoms with Crippen LogP contribution in [0.4, 0.5) is 4.79 Å². The predicted octanol–water partition coefficient (Wildman–Crippen LogP) is 2.93. The number of rotatable bonds is 3. The zero-order valence-corrected chi connectivity index (χ0v) is 14.3. The molecule has 2 aromatic rings. The van der Waals surface area contributed by atoms with Crippen molar-refractivity contribution >= 4 is 11.9 Å². The topological polar surface area (TPSA) is 61.4 Å². The average Bonchev–Trinajstić information content (AvgIpc) is 2.61. The zero-order valence-electron chi connectivity index (χ0n) is 14.3. The molecule has 25 heavy (non-hydrogen) atoms. The number of urea groups is 1. The van der Waals surface area contributed by atoms with Gasteiger partial charge in [-0.3, -0.25) is 4.79 Å². The summed E-state index contributed by atoms with van der Waals surface area (Å²) >= 11 is 0. The van der Waals surface area contributed by atoms with Crippen LogP contribution in [0.5, 0.6) is 0 Å². The molecule has 1 aliphatic rings. The van der Waals surface area contributed by atoms with E-state index < -0.39 is 12.0 Å². The summed E-state index contributed by atoms with van der Waals surface area (Å²) in [6, 6.07) is 17.2. The maximum atomic E-state index is 12.6. The van der Waals surface area contributed by atoms with Crippen molar-refractivity contribution in [1.29, 1.82) is 0 Å². The van der Waals surface area contributed by atoms with Crippen LogP contribution in [0.15, 0.2) is 66.9 Å². The van der Waals surface area contributed by atoms with Crippen LogP contribution < -0.4 is 10.6 Å². The second kappa shape index (κ2) is 6.81. The summed E-state index contributed by atoms with van der Waals surface area (Å²) < 4.78 is 0. The van der Waals surface area contributed by atoms with E-state index in [0.29, 0.717) is 5.70 Å². The van der Waals surface area contributed by atoms with Gasteiger partial charge < -0.3 is 15.5 Å². The minimum Gasteiger partial charge on any atom is -0.348 e. The van der Waals surface area contributed by atoms with Gasteiger partial charge in [-0.2, -0.15) is 0 Å². The fraction of sp³-hybridized carbons (Fsp3) is 0.200. The van der Waals surface area contributed by atoms with Crippen LogP contribution in [-0.2, 0) is 4.79 Å². The van der Waals surface area contributed by atoms with Crippen molar-refractivity contribution in [3.8, 4) is 11.1 Å². The van der Waals surface area contributed by atoms with Crippen molar-refractivity contribution in [3.63, 3.8) is 0 Å². The summed E-state index contributed by atoms with van der Waals surface area (Å²) in [4.78, 5) is 26.0. The van der Waals surface area contributed by atoms with E-state index in [1.165, 1.54) is 4.90 Å². The molecule has 3 amide bonds. The van der Waals surface area contributed by atoms with Crippen molar-refractivity contribution in [3.05, 3.63) is 72.4 Å². The lowest BCUT2D eigenvalue weighted by Crippen LogP contribution is -2.52. The summed E-state index contributed by atoms with van der Waals surface area (Å²) in [5.41, 5.74) is 3.49. The molecule has 2 aromatic carbocycles. The molecule has 5 heteroatoms. The lowest BCUT2D eigenvalue weighted by molar-refractivity contribution is -0.132. The summed E-state index contributed by atoms with van der Waals surface area (Å²) in [6.07, 6.45) is 0. The highest BCUT2D eigenvalue weighted by Crippen LogP contribution is 2.31. The Labute approximate surface area is 147 Å². The molecule has 128 valence electrons. The highest BCUT2D eigenvalue weighted by Gasteiger charge is 2.38. The van der Waals surface area contributed by atoms with Crippen molar-refractivity contribution in [2.45, 2.75) is 6.04 Å². The third kappa shape index (κ3) is 3.40. The molecule has 0 aromatic heterocycles. The highest BCUT2D eigenvalue weighted by molar-refractivity contribution is 5.88. The fourth-order valence-corrected chi connectivity index (χ4v) is 3.04. The largest absolute Gasteiger partial charge is 0.348 e. The van der Waals surface area contributed by atoms with Gasteiger partial charge in [0, 0.05) is 19.8 Å². The van der Waals surface area contributed by atoms with E-state index in [4.69, 9.17) is 0 Å². The first kappa shape index (κ1) is 16.8. The molecule has 0 radical (unpaired) electrons. The molecule has 0 bridgehead atoms. The standard InChI is InChI=1S/C20H21N3O2/c1-13-17(19(24)23(2)3)18(22-20(25)21-13)16-11-9-15(10-12-16)14-7-5-4-6-8-14/h4-12,17-18H,1H2,2-3H3,(H2,21,22,25)/t17-,18-/m0/s1. The second-order valence-corrected chi connectivity index (χ2v) is 6.30. The van der Waals surface area contributed by atoms with Gasteiger partial charge in [0.2, 0.25) is 5.91 Å². The van der Waals surface area contributed by atoms with Gasteiger partial charge >= 0.3 is 6.03 Å². The molecule has 2 atom stereocenters. The van der Waals surface area contributed by atoms with Crippen molar-refractivity contribution in [2.24, 2.45) is 5.92 Å². The Bertz CT molecular complexity index is 797. The summed E-state index contributed by atoms with van der Waals surface area (Å²) in [5, 5.41) is 5.46. The van der Waals surface area contributed by atoms with Crippen LogP contribution in [0.3, 0.4) is 0 Å². The number of amides is 3. The first-order chi connectivity index (χ1) is 12.0. The van der Waals surface area contributed by atoms with Crippen LogP contribution in [0.25, 0.3) is 11.1 Å². The molecule has 5 nitrogen and oxygen atoms in total. The Balaban J connectivity index is 1.93. The molecule has 1 saturated heterocycles. The van der Waals surface area contributed by atoms with Crippen LogP contribution in [0.1, 0.15) is 11.6 Å². The Morgan fingerprint density at radius 2 is 1.60 bits per heavy atom. The van der Waals surface area contributed by atoms with Crippen LogP contribution in [0, 0.1) is 5.92 Å². The van der Waals surface area contributed by atoms with E-state index in [9.17, 15) is 9.59 Å². The molecule has 3 rings (SSSR count). The van der Waals surface area contributed by atoms with E-state index in [2.05, 4.69) is 17.2 Å². The number of nitrogens with zero attached hydrogens (tertiary/aromatic N) is 1. The molecule has 0 saturated carbocycles. The van der Waals surface area contributed by atoms with E-state index in [-0.39, 0.29) is 11.9 Å². The van der Waals surface area contributed by atoms with Crippen LogP contribution in [-0.4, -0.2) is 30.9 Å². The Hall–Kier alpha value is -3.08. The van der Waals surface area contributed by atoms with Gasteiger partial charge in [-0.15, -0.1) is 0 Å². The van der Waals surface area contributed by atoms with Gasteiger partial charge in [0.15, 0.2) is 0 Å². The lowest BCUT2D eigenvalue weighted by Gasteiger charge is -2.35. The van der Waals surface area contributed by atoms with Gasteiger partial charge in [0.05, 0.1) is 6.04 Å². The minimum atomic E-state index is -0.546. The van der Waals surface area contributed by atoms with Crippen molar-refractivity contribution < 1.29 is 9.59 Å². The van der Waals surface area contributed by atoms with E-state index in [1.807, 2.05) is 54.6 Å². The number of hydrogen-bond acceptors (Lipinski definition) is 2. The smallest absolute Gasteiger partial charge is 0.319 e. The normalized spacial score (nSPS) is 19.8. The number of benzene rings is 2. The minimum absolute atomic E-state index is 0.102. The average molecular weight is 335 g/mol. The molecule has 0 unspecified atom stereocenters. The lowest BCUT2D eigenvalue weighted by atomic mass is 9.87. The summed E-state index contributed by atoms with van der Waals surface area (Å²) in [7, 11) is 3.39. The van der Waals surface area contributed by atoms with Crippen molar-refractivity contribution in [1.82, 2.24) is 15.5 Å². The number of hydrogen-bond donors (Lipinski definition) is 2. The Morgan fingerprint density at radius 3 is 2.20 bits per heavy atom.